The number of rotatable bonds is 8. The number of hydrogen-bond acceptors (Lipinski definition) is 4. The van der Waals surface area contributed by atoms with Gasteiger partial charge in [0, 0.05) is 72.5 Å². The maximum absolute atomic E-state index is 7.02. The summed E-state index contributed by atoms with van der Waals surface area (Å²) in [6.45, 7) is 15.8. The third-order valence-electron chi connectivity index (χ3n) is 18.1. The Bertz CT molecular complexity index is 4820. The van der Waals surface area contributed by atoms with Crippen LogP contribution in [0.5, 0.6) is 11.5 Å². The molecule has 0 unspecified atom stereocenters. The molecule has 0 fully saturated rings. The SMILES string of the molecule is CC(C)(C)c1cccc(-c2cccc(-c3cccc(-c4ccccc4)c3)c2N2[CH-]N(c3[c-]c(Oc4[c-]c5c(cc4)c4c6c(ccc4n5-c4cc(C(C)(C)C)ccn4)-c4ccccc4C64c5ccccc5-c5ccccc54)ccc3)c3ccccc32)c1.[Pt]. The Morgan fingerprint density at radius 2 is 0.977 bits per heavy atom. The van der Waals surface area contributed by atoms with Crippen molar-refractivity contribution in [1.29, 1.82) is 0 Å². The van der Waals surface area contributed by atoms with E-state index in [4.69, 9.17) is 9.72 Å². The van der Waals surface area contributed by atoms with Gasteiger partial charge in [0.2, 0.25) is 0 Å². The minimum absolute atomic E-state index is 0. The normalized spacial score (nSPS) is 13.5. The van der Waals surface area contributed by atoms with Crippen molar-refractivity contribution in [2.45, 2.75) is 57.8 Å². The van der Waals surface area contributed by atoms with Crippen LogP contribution in [0, 0.1) is 18.8 Å². The number of pyridine rings is 1. The van der Waals surface area contributed by atoms with Crippen molar-refractivity contribution in [3.63, 3.8) is 0 Å². The van der Waals surface area contributed by atoms with E-state index in [1.165, 1.54) is 72.1 Å². The van der Waals surface area contributed by atoms with Crippen LogP contribution in [0.4, 0.5) is 22.7 Å². The summed E-state index contributed by atoms with van der Waals surface area (Å²) in [5, 5.41) is 2.27. The molecule has 0 bridgehead atoms. The van der Waals surface area contributed by atoms with Crippen LogP contribution in [0.2, 0.25) is 0 Å². The largest absolute Gasteiger partial charge is 0.509 e. The standard InChI is InChI=1S/C81H61N4O.Pt/c1-79(2,3)56-27-19-26-55(47-56)62-34-21-33-61(54-25-18-24-53(46-54)52-22-8-7-9-23-52)78(62)84-51-83(71-38-16-17-39-72(71)84)58-28-20-29-59(49-58)86-60-40-41-67-74(50-60)85(75-48-57(44-45-82-75)80(4,5)6)73-43-42-66-65-32-12-15-37-70(65)81(77(66)76(67)73)68-35-13-10-30-63(68)64-31-11-14-36-69(64)81;/h7-48,51H,1-6H3;/q-3;. The molecule has 0 N–H and O–H groups in total. The van der Waals surface area contributed by atoms with Crippen LogP contribution < -0.4 is 14.5 Å². The second-order valence-electron chi connectivity index (χ2n) is 25.2. The van der Waals surface area contributed by atoms with E-state index in [0.29, 0.717) is 11.5 Å². The summed E-state index contributed by atoms with van der Waals surface area (Å²) < 4.78 is 9.33. The van der Waals surface area contributed by atoms with Crippen LogP contribution in [0.3, 0.4) is 0 Å². The molecular weight excluding hydrogens is 1240 g/mol. The topological polar surface area (TPSA) is 33.5 Å². The van der Waals surface area contributed by atoms with Crippen molar-refractivity contribution in [1.82, 2.24) is 9.55 Å². The molecule has 0 saturated heterocycles. The van der Waals surface area contributed by atoms with E-state index in [-0.39, 0.29) is 31.9 Å². The third-order valence-corrected chi connectivity index (χ3v) is 18.1. The second-order valence-corrected chi connectivity index (χ2v) is 25.2. The maximum Gasteiger partial charge on any atom is 0.135 e. The summed E-state index contributed by atoms with van der Waals surface area (Å²) in [4.78, 5) is 9.77. The van der Waals surface area contributed by atoms with Gasteiger partial charge in [-0.15, -0.1) is 48.1 Å². The molecule has 3 aliphatic rings. The molecule has 87 heavy (non-hydrogen) atoms. The monoisotopic (exact) mass is 1300 g/mol. The quantitative estimate of drug-likeness (QED) is 0.142. The van der Waals surface area contributed by atoms with Crippen molar-refractivity contribution in [2.75, 3.05) is 9.80 Å². The number of anilines is 4. The van der Waals surface area contributed by atoms with Crippen molar-refractivity contribution in [2.24, 2.45) is 0 Å². The summed E-state index contributed by atoms with van der Waals surface area (Å²) in [5.41, 5.74) is 24.9. The number of nitrogens with zero attached hydrogens (tertiary/aromatic N) is 4. The fraction of sp³-hybridized carbons (Fsp3) is 0.111. The number of fused-ring (bicyclic) bond motifs is 15. The van der Waals surface area contributed by atoms with Gasteiger partial charge in [-0.25, -0.2) is 4.98 Å². The van der Waals surface area contributed by atoms with E-state index in [9.17, 15) is 0 Å². The van der Waals surface area contributed by atoms with Gasteiger partial charge in [-0.1, -0.05) is 229 Å². The van der Waals surface area contributed by atoms with Gasteiger partial charge in [0.15, 0.2) is 0 Å². The maximum atomic E-state index is 7.02. The van der Waals surface area contributed by atoms with Crippen LogP contribution >= 0.6 is 0 Å². The molecule has 11 aromatic carbocycles. The molecule has 1 spiro atoms. The first-order valence-electron chi connectivity index (χ1n) is 29.8. The van der Waals surface area contributed by atoms with Crippen LogP contribution in [0.25, 0.3) is 83.3 Å². The Morgan fingerprint density at radius 3 is 1.67 bits per heavy atom. The fourth-order valence-electron chi connectivity index (χ4n) is 14.1. The number of para-hydroxylation sites is 3. The Balaban J connectivity index is 0.00000638. The van der Waals surface area contributed by atoms with Crippen LogP contribution in [0.15, 0.2) is 255 Å². The summed E-state index contributed by atoms with van der Waals surface area (Å²) in [6.07, 6.45) is 1.95. The summed E-state index contributed by atoms with van der Waals surface area (Å²) in [5.74, 6) is 1.99. The number of ether oxygens (including phenoxy) is 1. The second kappa shape index (κ2) is 20.6. The predicted molar refractivity (Wildman–Crippen MR) is 354 cm³/mol. The van der Waals surface area contributed by atoms with Gasteiger partial charge in [0.25, 0.3) is 0 Å². The van der Waals surface area contributed by atoms with Gasteiger partial charge in [0.05, 0.1) is 5.41 Å². The smallest absolute Gasteiger partial charge is 0.135 e. The minimum Gasteiger partial charge on any atom is -0.509 e. The van der Waals surface area contributed by atoms with Gasteiger partial charge in [-0.2, -0.15) is 12.1 Å². The first-order valence-corrected chi connectivity index (χ1v) is 29.8. The zero-order valence-electron chi connectivity index (χ0n) is 49.3. The first-order chi connectivity index (χ1) is 41.9. The average Bonchev–Trinajstić information content (AvgIpc) is 1.52. The van der Waals surface area contributed by atoms with Crippen molar-refractivity contribution < 1.29 is 25.8 Å². The molecule has 424 valence electrons. The number of aromatic nitrogens is 2. The Morgan fingerprint density at radius 1 is 0.437 bits per heavy atom. The van der Waals surface area contributed by atoms with E-state index in [2.05, 4.69) is 317 Å². The van der Waals surface area contributed by atoms with Gasteiger partial charge >= 0.3 is 0 Å². The minimum atomic E-state index is -0.557. The van der Waals surface area contributed by atoms with E-state index in [0.717, 1.165) is 67.2 Å². The molecule has 0 saturated carbocycles. The van der Waals surface area contributed by atoms with Crippen LogP contribution in [-0.2, 0) is 37.3 Å². The summed E-state index contributed by atoms with van der Waals surface area (Å²) in [6, 6.07) is 98.2. The Hall–Kier alpha value is -9.54. The molecule has 2 aromatic heterocycles. The number of hydrogen-bond donors (Lipinski definition) is 0. The summed E-state index contributed by atoms with van der Waals surface area (Å²) >= 11 is 0. The van der Waals surface area contributed by atoms with Crippen molar-refractivity contribution in [3.05, 3.63) is 307 Å². The van der Waals surface area contributed by atoms with E-state index in [1.54, 1.807) is 0 Å². The third kappa shape index (κ3) is 8.57. The predicted octanol–water partition coefficient (Wildman–Crippen LogP) is 20.9. The van der Waals surface area contributed by atoms with E-state index in [1.807, 2.05) is 12.3 Å². The van der Waals surface area contributed by atoms with Crippen molar-refractivity contribution >= 4 is 44.6 Å². The molecule has 3 heterocycles. The number of benzene rings is 11. The fourth-order valence-corrected chi connectivity index (χ4v) is 14.1. The Labute approximate surface area is 524 Å². The Kier molecular flexibility index (Phi) is 12.8. The van der Waals surface area contributed by atoms with Gasteiger partial charge in [-0.05, 0) is 131 Å². The molecule has 2 aliphatic carbocycles. The molecule has 13 aromatic rings. The summed E-state index contributed by atoms with van der Waals surface area (Å²) in [7, 11) is 0. The van der Waals surface area contributed by atoms with E-state index < -0.39 is 5.41 Å². The van der Waals surface area contributed by atoms with Crippen molar-refractivity contribution in [3.8, 4) is 73.0 Å². The zero-order valence-corrected chi connectivity index (χ0v) is 51.6. The van der Waals surface area contributed by atoms with Gasteiger partial charge in [0.1, 0.15) is 5.82 Å². The molecular formula is C81H61N4OPt-3. The average molecular weight is 1300 g/mol. The molecule has 5 nitrogen and oxygen atoms in total. The molecule has 0 atom stereocenters. The van der Waals surface area contributed by atoms with E-state index >= 15 is 0 Å². The van der Waals surface area contributed by atoms with Crippen LogP contribution in [0.1, 0.15) is 74.9 Å². The zero-order chi connectivity index (χ0) is 58.1. The molecule has 1 aliphatic heterocycles. The molecule has 0 radical (unpaired) electrons. The molecule has 16 rings (SSSR count). The molecule has 6 heteroatoms. The first kappa shape index (κ1) is 54.1. The molecule has 0 amide bonds. The van der Waals surface area contributed by atoms with Crippen LogP contribution in [-0.4, -0.2) is 9.55 Å². The van der Waals surface area contributed by atoms with Gasteiger partial charge in [-0.3, -0.25) is 0 Å². The van der Waals surface area contributed by atoms with Gasteiger partial charge < -0.3 is 19.1 Å².